The number of hydrogen-bond donors (Lipinski definition) is 1. The molecule has 0 saturated heterocycles. The number of aliphatic hydroxyl groups is 1. The van der Waals surface area contributed by atoms with Gasteiger partial charge in [0.05, 0.1) is 0 Å². The van der Waals surface area contributed by atoms with E-state index < -0.39 is 31.6 Å². The number of hydrogen-bond acceptors (Lipinski definition) is 4. The molecule has 1 N–H and O–H groups in total. The first-order chi connectivity index (χ1) is 14.7. The second-order valence-electron chi connectivity index (χ2n) is 10.5. The Morgan fingerprint density at radius 3 is 1.88 bits per heavy atom. The summed E-state index contributed by atoms with van der Waals surface area (Å²) in [6, 6.07) is 18.4. The number of ether oxygens (including phenoxy) is 1. The quantitative estimate of drug-likeness (QED) is 0.350. The van der Waals surface area contributed by atoms with Crippen LogP contribution in [0.4, 0.5) is 0 Å². The number of carbonyl (C=O) groups excluding carboxylic acids is 1. The van der Waals surface area contributed by atoms with Crippen molar-refractivity contribution in [3.8, 4) is 11.8 Å². The molecule has 0 fully saturated rings. The Kier molecular flexibility index (Phi) is 7.78. The van der Waals surface area contributed by atoms with Gasteiger partial charge in [-0.05, 0) is 62.5 Å². The van der Waals surface area contributed by atoms with E-state index in [4.69, 9.17) is 9.16 Å². The predicted octanol–water partition coefficient (Wildman–Crippen LogP) is 5.87. The number of carbonyl (C=O) groups is 1. The molecule has 32 heavy (non-hydrogen) atoms. The number of benzene rings is 2. The molecular weight excluding hydrogens is 416 g/mol. The molecule has 0 heterocycles. The molecule has 0 spiro atoms. The van der Waals surface area contributed by atoms with E-state index in [0.717, 1.165) is 5.56 Å². The average molecular weight is 453 g/mol. The third-order valence-electron chi connectivity index (χ3n) is 5.59. The van der Waals surface area contributed by atoms with Crippen LogP contribution in [-0.4, -0.2) is 30.6 Å². The molecule has 0 aliphatic carbocycles. The first-order valence-electron chi connectivity index (χ1n) is 10.9. The molecule has 0 aromatic heterocycles. The van der Waals surface area contributed by atoms with Crippen LogP contribution in [0, 0.1) is 11.8 Å². The van der Waals surface area contributed by atoms with Crippen molar-refractivity contribution in [2.75, 3.05) is 0 Å². The van der Waals surface area contributed by atoms with Gasteiger partial charge in [0, 0.05) is 5.56 Å². The Bertz CT molecular complexity index is 960. The van der Waals surface area contributed by atoms with E-state index in [-0.39, 0.29) is 5.04 Å². The summed E-state index contributed by atoms with van der Waals surface area (Å²) in [7, 11) is -2.58. The lowest BCUT2D eigenvalue weighted by Crippen LogP contribution is -2.57. The van der Waals surface area contributed by atoms with Crippen LogP contribution in [-0.2, 0) is 14.0 Å². The van der Waals surface area contributed by atoms with E-state index in [1.165, 1.54) is 0 Å². The first-order valence-corrected chi connectivity index (χ1v) is 13.8. The van der Waals surface area contributed by atoms with Crippen molar-refractivity contribution in [1.82, 2.24) is 0 Å². The van der Waals surface area contributed by atoms with Crippen LogP contribution in [0.1, 0.15) is 58.8 Å². The summed E-state index contributed by atoms with van der Waals surface area (Å²) in [4.78, 5) is 13.7. The largest absolute Gasteiger partial charge is 0.457 e. The lowest BCUT2D eigenvalue weighted by Gasteiger charge is -2.44. The second-order valence-corrected chi connectivity index (χ2v) is 15.3. The smallest absolute Gasteiger partial charge is 0.353 e. The normalized spacial score (nSPS) is 15.2. The zero-order chi connectivity index (χ0) is 24.2. The third kappa shape index (κ3) is 6.32. The standard InChI is InChI=1S/C27H36O4Si/c1-25(2,3)30-24(29)27(31-32(7,8)26(4,5)6,20-19-21-15-11-9-12-16-21)23(28)22-17-13-10-14-18-22/h9-18,23,28H,1-8H3/t23-,27+/m1/s1. The summed E-state index contributed by atoms with van der Waals surface area (Å²) in [5, 5.41) is 11.4. The Hall–Kier alpha value is -2.39. The van der Waals surface area contributed by atoms with Gasteiger partial charge in [0.25, 0.3) is 0 Å². The van der Waals surface area contributed by atoms with Crippen molar-refractivity contribution >= 4 is 14.3 Å². The first kappa shape index (κ1) is 25.9. The van der Waals surface area contributed by atoms with Crippen LogP contribution in [0.3, 0.4) is 0 Å². The summed E-state index contributed by atoms with van der Waals surface area (Å²) in [5.41, 5.74) is -1.39. The van der Waals surface area contributed by atoms with Gasteiger partial charge in [-0.25, -0.2) is 4.79 Å². The molecule has 2 atom stereocenters. The van der Waals surface area contributed by atoms with Gasteiger partial charge in [-0.1, -0.05) is 75.2 Å². The Morgan fingerprint density at radius 1 is 0.906 bits per heavy atom. The summed E-state index contributed by atoms with van der Waals surface area (Å²) >= 11 is 0. The zero-order valence-corrected chi connectivity index (χ0v) is 21.5. The molecule has 0 radical (unpaired) electrons. The second kappa shape index (κ2) is 9.62. The molecule has 0 aliphatic rings. The summed E-state index contributed by atoms with van der Waals surface area (Å²) in [5.74, 6) is 5.41. The van der Waals surface area contributed by atoms with E-state index in [1.807, 2.05) is 61.6 Å². The maximum Gasteiger partial charge on any atom is 0.353 e. The van der Waals surface area contributed by atoms with E-state index in [0.29, 0.717) is 5.56 Å². The minimum Gasteiger partial charge on any atom is -0.457 e. The van der Waals surface area contributed by atoms with Crippen LogP contribution in [0.25, 0.3) is 0 Å². The predicted molar refractivity (Wildman–Crippen MR) is 132 cm³/mol. The van der Waals surface area contributed by atoms with Crippen LogP contribution in [0.5, 0.6) is 0 Å². The minimum absolute atomic E-state index is 0.217. The zero-order valence-electron chi connectivity index (χ0n) is 20.5. The maximum atomic E-state index is 13.7. The van der Waals surface area contributed by atoms with Gasteiger partial charge in [0.1, 0.15) is 11.7 Å². The molecule has 5 heteroatoms. The summed E-state index contributed by atoms with van der Waals surface area (Å²) in [6.07, 6.45) is -1.33. The van der Waals surface area contributed by atoms with Gasteiger partial charge in [-0.15, -0.1) is 0 Å². The number of rotatable bonds is 5. The van der Waals surface area contributed by atoms with Gasteiger partial charge in [-0.2, -0.15) is 0 Å². The van der Waals surface area contributed by atoms with Gasteiger partial charge in [0.15, 0.2) is 8.32 Å². The van der Waals surface area contributed by atoms with Crippen molar-refractivity contribution in [2.45, 2.75) is 77.0 Å². The highest BCUT2D eigenvalue weighted by Gasteiger charge is 2.54. The minimum atomic E-state index is -2.58. The summed E-state index contributed by atoms with van der Waals surface area (Å²) in [6.45, 7) is 15.7. The third-order valence-corrected chi connectivity index (χ3v) is 10.0. The highest BCUT2D eigenvalue weighted by Crippen LogP contribution is 2.43. The molecule has 0 bridgehead atoms. The van der Waals surface area contributed by atoms with Gasteiger partial charge < -0.3 is 14.3 Å². The van der Waals surface area contributed by atoms with Crippen molar-refractivity contribution in [2.24, 2.45) is 0 Å². The fourth-order valence-corrected chi connectivity index (χ4v) is 4.18. The molecule has 4 nitrogen and oxygen atoms in total. The molecule has 172 valence electrons. The van der Waals surface area contributed by atoms with Crippen molar-refractivity contribution < 1.29 is 19.1 Å². The highest BCUT2D eigenvalue weighted by atomic mass is 28.4. The van der Waals surface area contributed by atoms with E-state index in [2.05, 4.69) is 32.6 Å². The Balaban J connectivity index is 2.76. The topological polar surface area (TPSA) is 55.8 Å². The van der Waals surface area contributed by atoms with Crippen LogP contribution < -0.4 is 0 Å². The van der Waals surface area contributed by atoms with Gasteiger partial charge >= 0.3 is 5.97 Å². The Labute approximate surface area is 194 Å². The summed E-state index contributed by atoms with van der Waals surface area (Å²) < 4.78 is 12.5. The van der Waals surface area contributed by atoms with E-state index in [9.17, 15) is 9.90 Å². The number of esters is 1. The highest BCUT2D eigenvalue weighted by molar-refractivity contribution is 6.74. The molecule has 0 saturated carbocycles. The molecule has 2 aromatic rings. The molecule has 2 aromatic carbocycles. The fraction of sp³-hybridized carbons (Fsp3) is 0.444. The number of aliphatic hydroxyl groups excluding tert-OH is 1. The average Bonchev–Trinajstić information content (AvgIpc) is 2.69. The van der Waals surface area contributed by atoms with E-state index in [1.54, 1.807) is 32.9 Å². The van der Waals surface area contributed by atoms with Crippen LogP contribution in [0.2, 0.25) is 18.1 Å². The van der Waals surface area contributed by atoms with Crippen molar-refractivity contribution in [1.29, 1.82) is 0 Å². The maximum absolute atomic E-state index is 13.7. The van der Waals surface area contributed by atoms with Crippen LogP contribution in [0.15, 0.2) is 60.7 Å². The van der Waals surface area contributed by atoms with Gasteiger partial charge in [-0.3, -0.25) is 0 Å². The van der Waals surface area contributed by atoms with Gasteiger partial charge in [0.2, 0.25) is 5.60 Å². The molecule has 2 rings (SSSR count). The fourth-order valence-electron chi connectivity index (χ4n) is 2.82. The molecule has 0 amide bonds. The molecular formula is C27H36O4Si. The van der Waals surface area contributed by atoms with E-state index >= 15 is 0 Å². The monoisotopic (exact) mass is 452 g/mol. The SMILES string of the molecule is CC(C)(C)OC(=O)[C@@](C#Cc1ccccc1)(O[Si](C)(C)C(C)(C)C)[C@H](O)c1ccccc1. The van der Waals surface area contributed by atoms with Crippen LogP contribution >= 0.6 is 0 Å². The van der Waals surface area contributed by atoms with Crippen molar-refractivity contribution in [3.63, 3.8) is 0 Å². The lowest BCUT2D eigenvalue weighted by atomic mass is 9.90. The molecule has 0 aliphatic heterocycles. The molecule has 0 unspecified atom stereocenters. The van der Waals surface area contributed by atoms with Crippen molar-refractivity contribution in [3.05, 3.63) is 71.8 Å². The lowest BCUT2D eigenvalue weighted by molar-refractivity contribution is -0.178. The Morgan fingerprint density at radius 2 is 1.41 bits per heavy atom.